The van der Waals surface area contributed by atoms with E-state index in [0.717, 1.165) is 5.69 Å². The normalized spacial score (nSPS) is 17.7. The van der Waals surface area contributed by atoms with Gasteiger partial charge in [-0.25, -0.2) is 0 Å². The van der Waals surface area contributed by atoms with Crippen LogP contribution in [-0.4, -0.2) is 28.7 Å². The van der Waals surface area contributed by atoms with E-state index in [1.54, 1.807) is 13.0 Å². The van der Waals surface area contributed by atoms with Crippen LogP contribution in [0.2, 0.25) is 0 Å². The highest BCUT2D eigenvalue weighted by Crippen LogP contribution is 2.36. The van der Waals surface area contributed by atoms with E-state index < -0.39 is 5.60 Å². The Bertz CT molecular complexity index is 479. The minimum absolute atomic E-state index is 0.132. The summed E-state index contributed by atoms with van der Waals surface area (Å²) in [6.45, 7) is 6.79. The first-order valence-electron chi connectivity index (χ1n) is 6.06. The van der Waals surface area contributed by atoms with Crippen molar-refractivity contribution >= 4 is 11.4 Å². The average Bonchev–Trinajstić information content (AvgIpc) is 2.24. The van der Waals surface area contributed by atoms with E-state index in [9.17, 15) is 15.2 Å². The number of anilines is 1. The highest BCUT2D eigenvalue weighted by Gasteiger charge is 2.44. The van der Waals surface area contributed by atoms with E-state index in [4.69, 9.17) is 0 Å². The maximum absolute atomic E-state index is 10.9. The lowest BCUT2D eigenvalue weighted by Crippen LogP contribution is -2.64. The molecule has 0 unspecified atom stereocenters. The average molecular weight is 250 g/mol. The van der Waals surface area contributed by atoms with Gasteiger partial charge in [0.1, 0.15) is 5.60 Å². The van der Waals surface area contributed by atoms with Gasteiger partial charge in [0.15, 0.2) is 0 Å². The van der Waals surface area contributed by atoms with Crippen LogP contribution in [0.1, 0.15) is 19.4 Å². The van der Waals surface area contributed by atoms with Gasteiger partial charge in [0.2, 0.25) is 0 Å². The summed E-state index contributed by atoms with van der Waals surface area (Å²) in [5.74, 6) is 0.188. The molecular weight excluding hydrogens is 232 g/mol. The van der Waals surface area contributed by atoms with Gasteiger partial charge in [-0.2, -0.15) is 0 Å². The highest BCUT2D eigenvalue weighted by molar-refractivity contribution is 5.63. The maximum atomic E-state index is 10.9. The molecule has 18 heavy (non-hydrogen) atoms. The fraction of sp³-hybridized carbons (Fsp3) is 0.538. The molecule has 0 aliphatic carbocycles. The molecule has 2 rings (SSSR count). The van der Waals surface area contributed by atoms with Crippen molar-refractivity contribution in [2.75, 3.05) is 18.0 Å². The molecule has 1 aliphatic rings. The van der Waals surface area contributed by atoms with Crippen molar-refractivity contribution in [3.63, 3.8) is 0 Å². The molecule has 1 saturated heterocycles. The summed E-state index contributed by atoms with van der Waals surface area (Å²) in [4.78, 5) is 12.5. The molecule has 98 valence electrons. The number of hydrogen-bond acceptors (Lipinski definition) is 4. The van der Waals surface area contributed by atoms with Crippen molar-refractivity contribution in [1.29, 1.82) is 0 Å². The first-order valence-corrected chi connectivity index (χ1v) is 6.06. The van der Waals surface area contributed by atoms with Crippen molar-refractivity contribution in [3.8, 4) is 0 Å². The molecule has 1 N–H and O–H groups in total. The van der Waals surface area contributed by atoms with Crippen molar-refractivity contribution < 1.29 is 10.0 Å². The van der Waals surface area contributed by atoms with Gasteiger partial charge in [-0.1, -0.05) is 19.9 Å². The summed E-state index contributed by atoms with van der Waals surface area (Å²) in [7, 11) is 0. The molecule has 0 radical (unpaired) electrons. The molecule has 1 aromatic carbocycles. The Morgan fingerprint density at radius 1 is 1.44 bits per heavy atom. The number of hydrogen-bond donors (Lipinski definition) is 1. The molecule has 5 nitrogen and oxygen atoms in total. The summed E-state index contributed by atoms with van der Waals surface area (Å²) < 4.78 is 0. The first-order chi connectivity index (χ1) is 8.35. The summed E-state index contributed by atoms with van der Waals surface area (Å²) in [5.41, 5.74) is 0.965. The Morgan fingerprint density at radius 3 is 2.56 bits per heavy atom. The Balaban J connectivity index is 2.23. The molecule has 0 amide bonds. The van der Waals surface area contributed by atoms with Crippen LogP contribution in [0.5, 0.6) is 0 Å². The van der Waals surface area contributed by atoms with Crippen LogP contribution in [0.3, 0.4) is 0 Å². The zero-order chi connectivity index (χ0) is 13.5. The molecular formula is C13H18N2O3. The van der Waals surface area contributed by atoms with Crippen LogP contribution in [-0.2, 0) is 0 Å². The number of aliphatic hydroxyl groups is 1. The Labute approximate surface area is 106 Å². The highest BCUT2D eigenvalue weighted by atomic mass is 16.6. The standard InChI is InChI=1S/C13H18N2O3/c1-9(2)13(16)7-14(8-13)11-5-4-6-12(10(11)3)15(17)18/h4-6,9,16H,7-8H2,1-3H3. The molecule has 0 spiro atoms. The van der Waals surface area contributed by atoms with Gasteiger partial charge in [0.05, 0.1) is 10.5 Å². The van der Waals surface area contributed by atoms with E-state index in [0.29, 0.717) is 18.7 Å². The van der Waals surface area contributed by atoms with Gasteiger partial charge in [0.25, 0.3) is 5.69 Å². The van der Waals surface area contributed by atoms with E-state index >= 15 is 0 Å². The minimum Gasteiger partial charge on any atom is -0.386 e. The van der Waals surface area contributed by atoms with Crippen LogP contribution < -0.4 is 4.90 Å². The predicted octanol–water partition coefficient (Wildman–Crippen LogP) is 2.11. The van der Waals surface area contributed by atoms with Gasteiger partial charge in [-0.15, -0.1) is 0 Å². The molecule has 0 atom stereocenters. The first kappa shape index (κ1) is 12.8. The lowest BCUT2D eigenvalue weighted by Gasteiger charge is -2.50. The number of nitro groups is 1. The Hall–Kier alpha value is -1.62. The van der Waals surface area contributed by atoms with Crippen molar-refractivity contribution in [1.82, 2.24) is 0 Å². The smallest absolute Gasteiger partial charge is 0.274 e. The van der Waals surface area contributed by atoms with Crippen molar-refractivity contribution in [3.05, 3.63) is 33.9 Å². The number of nitrogens with zero attached hydrogens (tertiary/aromatic N) is 2. The molecule has 1 aliphatic heterocycles. The fourth-order valence-corrected chi connectivity index (χ4v) is 2.30. The molecule has 1 fully saturated rings. The van der Waals surface area contributed by atoms with Gasteiger partial charge in [0, 0.05) is 24.8 Å². The Morgan fingerprint density at radius 2 is 2.06 bits per heavy atom. The van der Waals surface area contributed by atoms with E-state index in [2.05, 4.69) is 0 Å². The van der Waals surface area contributed by atoms with Crippen LogP contribution >= 0.6 is 0 Å². The van der Waals surface area contributed by atoms with Crippen LogP contribution in [0.25, 0.3) is 0 Å². The van der Waals surface area contributed by atoms with Crippen molar-refractivity contribution in [2.45, 2.75) is 26.4 Å². The van der Waals surface area contributed by atoms with Gasteiger partial charge < -0.3 is 10.0 Å². The summed E-state index contributed by atoms with van der Waals surface area (Å²) >= 11 is 0. The fourth-order valence-electron chi connectivity index (χ4n) is 2.30. The lowest BCUT2D eigenvalue weighted by molar-refractivity contribution is -0.385. The van der Waals surface area contributed by atoms with Gasteiger partial charge in [-0.05, 0) is 18.9 Å². The van der Waals surface area contributed by atoms with Gasteiger partial charge in [-0.3, -0.25) is 10.1 Å². The second kappa shape index (κ2) is 4.24. The second-order valence-corrected chi connectivity index (χ2v) is 5.29. The monoisotopic (exact) mass is 250 g/mol. The third-order valence-electron chi connectivity index (χ3n) is 3.82. The molecule has 5 heteroatoms. The molecule has 0 bridgehead atoms. The van der Waals surface area contributed by atoms with E-state index in [1.165, 1.54) is 6.07 Å². The topological polar surface area (TPSA) is 66.6 Å². The van der Waals surface area contributed by atoms with E-state index in [-0.39, 0.29) is 16.5 Å². The quantitative estimate of drug-likeness (QED) is 0.659. The predicted molar refractivity (Wildman–Crippen MR) is 69.8 cm³/mol. The third kappa shape index (κ3) is 1.95. The molecule has 1 aromatic rings. The summed E-state index contributed by atoms with van der Waals surface area (Å²) in [5, 5.41) is 21.1. The maximum Gasteiger partial charge on any atom is 0.274 e. The molecule has 0 saturated carbocycles. The van der Waals surface area contributed by atoms with Crippen LogP contribution in [0, 0.1) is 23.0 Å². The summed E-state index contributed by atoms with van der Waals surface area (Å²) in [6.07, 6.45) is 0. The Kier molecular flexibility index (Phi) is 3.02. The molecule has 1 heterocycles. The number of β-amino-alcohol motifs (C(OH)–C–C–N with tert-alkyl or cyclic N) is 1. The number of benzene rings is 1. The second-order valence-electron chi connectivity index (χ2n) is 5.29. The zero-order valence-corrected chi connectivity index (χ0v) is 10.9. The SMILES string of the molecule is Cc1c(N2CC(O)(C(C)C)C2)cccc1[N+](=O)[O-]. The van der Waals surface area contributed by atoms with Crippen LogP contribution in [0.4, 0.5) is 11.4 Å². The summed E-state index contributed by atoms with van der Waals surface area (Å²) in [6, 6.07) is 5.06. The third-order valence-corrected chi connectivity index (χ3v) is 3.82. The van der Waals surface area contributed by atoms with Crippen molar-refractivity contribution in [2.24, 2.45) is 5.92 Å². The largest absolute Gasteiger partial charge is 0.386 e. The molecule has 0 aromatic heterocycles. The van der Waals surface area contributed by atoms with Gasteiger partial charge >= 0.3 is 0 Å². The lowest BCUT2D eigenvalue weighted by atomic mass is 9.82. The number of nitro benzene ring substituents is 1. The van der Waals surface area contributed by atoms with E-state index in [1.807, 2.05) is 24.8 Å². The number of rotatable bonds is 3. The zero-order valence-electron chi connectivity index (χ0n) is 10.9. The van der Waals surface area contributed by atoms with Crippen LogP contribution in [0.15, 0.2) is 18.2 Å². The minimum atomic E-state index is -0.670.